The van der Waals surface area contributed by atoms with E-state index >= 15 is 0 Å². The second kappa shape index (κ2) is 45.2. The Morgan fingerprint density at radius 1 is 0.418 bits per heavy atom. The molecule has 3 aromatic heterocycles. The second-order valence-electron chi connectivity index (χ2n) is 34.7. The molecule has 110 heavy (non-hydrogen) atoms. The van der Waals surface area contributed by atoms with Crippen LogP contribution in [0.5, 0.6) is 0 Å². The Bertz CT molecular complexity index is 4220. The first-order valence-corrected chi connectivity index (χ1v) is 39.8. The van der Waals surface area contributed by atoms with Crippen molar-refractivity contribution in [1.29, 1.82) is 0 Å². The normalized spacial score (nSPS) is 15.2. The average Bonchev–Trinajstić information content (AvgIpc) is 0.910. The van der Waals surface area contributed by atoms with E-state index in [4.69, 9.17) is 35.4 Å². The molecule has 3 fully saturated rings. The zero-order chi connectivity index (χ0) is 78.6. The minimum atomic E-state index is -0.537. The third kappa shape index (κ3) is 31.8. The zero-order valence-electron chi connectivity index (χ0n) is 70.1. The molecular formula is C98H130Ir3N3O6-3. The van der Waals surface area contributed by atoms with Crippen LogP contribution < -0.4 is 0 Å². The van der Waals surface area contributed by atoms with Crippen LogP contribution in [-0.2, 0) is 73.2 Å². The average molecular weight is 2020 g/mol. The number of aliphatic hydroxyl groups excluding tert-OH is 6. The molecule has 0 bridgehead atoms. The fraction of sp³-hybridized carbons (Fsp3) is 0.480. The number of rotatable bonds is 15. The molecule has 0 saturated heterocycles. The fourth-order valence-electron chi connectivity index (χ4n) is 15.8. The number of nitrogens with zero attached hydrogens (tertiary/aromatic N) is 3. The Kier molecular flexibility index (Phi) is 39.6. The maximum atomic E-state index is 9.47. The van der Waals surface area contributed by atoms with Crippen LogP contribution in [0, 0.1) is 89.3 Å². The van der Waals surface area contributed by atoms with E-state index in [9.17, 15) is 10.2 Å². The van der Waals surface area contributed by atoms with Crippen molar-refractivity contribution < 1.29 is 91.0 Å². The van der Waals surface area contributed by atoms with E-state index in [1.807, 2.05) is 13.8 Å². The monoisotopic (exact) mass is 2020 g/mol. The standard InChI is InChI=1S/2C27H32N.C23H24N.C11H22O2.2C5H10O2.3Ir/c2*1-18-12-19(2)14-22(13-18)25-11-10-23-24(21-8-6-7-9-21)15-20(16-26(23)28-25)17-27(3,4)5;1-15-12-16(2)14-19(13-15)22-10-9-21-17(3)20(8-11-23(21)24-22)18-6-4-5-7-18;1-8(2)5-10(12)7-11(13)6-9(3)4;2*1-4(6)3-5(2)7;;;/h2*10-13,15-16,21H,6-9,17H2,1-5H3;8-13,18H,4-7H2,1-3H3;7-10,12-13H,5-6H2,1-4H3;2*3-4,6-7H,1-2H3;;;/q3*-1;;;;;;. The molecule has 3 radical (unpaired) electrons. The molecule has 3 saturated carbocycles. The minimum Gasteiger partial charge on any atom is -0.513 e. The van der Waals surface area contributed by atoms with E-state index < -0.39 is 18.3 Å². The molecule has 9 aromatic rings. The summed E-state index contributed by atoms with van der Waals surface area (Å²) in [4.78, 5) is 15.2. The predicted molar refractivity (Wildman–Crippen MR) is 453 cm³/mol. The van der Waals surface area contributed by atoms with E-state index in [1.54, 1.807) is 19.9 Å². The molecular weight excluding hydrogens is 1890 g/mol. The van der Waals surface area contributed by atoms with Crippen LogP contribution in [0.2, 0.25) is 0 Å². The molecule has 3 unspecified atom stereocenters. The first-order chi connectivity index (χ1) is 50.3. The van der Waals surface area contributed by atoms with Crippen LogP contribution in [-0.4, -0.2) is 63.9 Å². The van der Waals surface area contributed by atoms with Gasteiger partial charge in [-0.1, -0.05) is 204 Å². The van der Waals surface area contributed by atoms with Gasteiger partial charge in [-0.3, -0.25) is 15.0 Å². The Morgan fingerprint density at radius 3 is 1.05 bits per heavy atom. The quantitative estimate of drug-likeness (QED) is 0.0434. The number of aromatic nitrogens is 3. The van der Waals surface area contributed by atoms with Gasteiger partial charge in [-0.2, -0.15) is 0 Å². The molecule has 0 amide bonds. The van der Waals surface area contributed by atoms with Crippen molar-refractivity contribution in [1.82, 2.24) is 15.0 Å². The van der Waals surface area contributed by atoms with Gasteiger partial charge < -0.3 is 30.6 Å². The summed E-state index contributed by atoms with van der Waals surface area (Å²) in [6.07, 6.45) is 22.4. The van der Waals surface area contributed by atoms with E-state index in [1.165, 1.54) is 186 Å². The van der Waals surface area contributed by atoms with Gasteiger partial charge in [0, 0.05) is 82.9 Å². The Labute approximate surface area is 703 Å². The van der Waals surface area contributed by atoms with Gasteiger partial charge in [0.2, 0.25) is 0 Å². The summed E-state index contributed by atoms with van der Waals surface area (Å²) >= 11 is 0. The number of aliphatic hydroxyl groups is 6. The van der Waals surface area contributed by atoms with Crippen LogP contribution in [0.1, 0.15) is 271 Å². The molecule has 3 aliphatic rings. The smallest absolute Gasteiger partial charge is 0.0911 e. The molecule has 3 aliphatic carbocycles. The SMILES string of the molecule is CC(C)CC(O)=CC(O)CC(C)C.CC(O)=CC(C)O.CC(O)=CC(C)O.Cc1[c-]c(-c2ccc3c(C)c(C4CCCC4)ccc3n2)cc(C)c1.Cc1[c-]c(-c2ccc3c(C4CCCC4)cc(CC(C)(C)C)cc3n2)cc(C)c1.Cc1[c-]c(-c2ccc3c(C4CCCC4)cc(CC(C)(C)C)cc3n2)cc(C)c1.[Ir].[Ir].[Ir]. The fourth-order valence-corrected chi connectivity index (χ4v) is 15.8. The topological polar surface area (TPSA) is 160 Å². The summed E-state index contributed by atoms with van der Waals surface area (Å²) in [7, 11) is 0. The number of aryl methyl sites for hydroxylation is 7. The van der Waals surface area contributed by atoms with Gasteiger partial charge in [0.15, 0.2) is 0 Å². The third-order valence-electron chi connectivity index (χ3n) is 19.8. The number of hydrogen-bond acceptors (Lipinski definition) is 9. The van der Waals surface area contributed by atoms with Crippen LogP contribution in [0.25, 0.3) is 66.5 Å². The molecule has 6 N–H and O–H groups in total. The first-order valence-electron chi connectivity index (χ1n) is 39.8. The number of pyridine rings is 3. The molecule has 3 atom stereocenters. The van der Waals surface area contributed by atoms with Gasteiger partial charge in [-0.25, -0.2) is 0 Å². The van der Waals surface area contributed by atoms with E-state index in [0.717, 1.165) is 69.1 Å². The van der Waals surface area contributed by atoms with Crippen molar-refractivity contribution in [3.05, 3.63) is 230 Å². The molecule has 6 aromatic carbocycles. The minimum absolute atomic E-state index is 0. The zero-order valence-corrected chi connectivity index (χ0v) is 77.3. The van der Waals surface area contributed by atoms with Crippen LogP contribution >= 0.6 is 0 Å². The number of hydrogen-bond donors (Lipinski definition) is 6. The van der Waals surface area contributed by atoms with Crippen molar-refractivity contribution in [2.45, 2.75) is 284 Å². The van der Waals surface area contributed by atoms with E-state index in [0.29, 0.717) is 42.3 Å². The molecule has 3 heterocycles. The Hall–Kier alpha value is -6.00. The summed E-state index contributed by atoms with van der Waals surface area (Å²) in [5, 5.41) is 56.7. The van der Waals surface area contributed by atoms with Crippen molar-refractivity contribution in [2.75, 3.05) is 0 Å². The number of allylic oxidation sites excluding steroid dienone is 3. The summed E-state index contributed by atoms with van der Waals surface area (Å²) in [6, 6.07) is 51.0. The third-order valence-corrected chi connectivity index (χ3v) is 19.8. The predicted octanol–water partition coefficient (Wildman–Crippen LogP) is 25.9. The van der Waals surface area contributed by atoms with E-state index in [-0.39, 0.29) is 82.7 Å². The van der Waals surface area contributed by atoms with Gasteiger partial charge in [0.05, 0.1) is 52.1 Å². The second-order valence-corrected chi connectivity index (χ2v) is 34.7. The summed E-state index contributed by atoms with van der Waals surface area (Å²) < 4.78 is 0. The molecule has 0 aliphatic heterocycles. The van der Waals surface area contributed by atoms with Gasteiger partial charge in [0.25, 0.3) is 0 Å². The van der Waals surface area contributed by atoms with Crippen molar-refractivity contribution in [2.24, 2.45) is 22.7 Å². The van der Waals surface area contributed by atoms with Crippen molar-refractivity contribution in [3.63, 3.8) is 0 Å². The summed E-state index contributed by atoms with van der Waals surface area (Å²) in [5.74, 6) is 3.67. The van der Waals surface area contributed by atoms with Gasteiger partial charge in [-0.05, 0) is 220 Å². The van der Waals surface area contributed by atoms with Crippen molar-refractivity contribution >= 4 is 32.7 Å². The molecule has 12 heteroatoms. The first kappa shape index (κ1) is 96.4. The van der Waals surface area contributed by atoms with Gasteiger partial charge in [-0.15, -0.1) is 105 Å². The molecule has 0 spiro atoms. The van der Waals surface area contributed by atoms with Crippen LogP contribution in [0.3, 0.4) is 0 Å². The van der Waals surface area contributed by atoms with Gasteiger partial charge in [0.1, 0.15) is 0 Å². The maximum Gasteiger partial charge on any atom is 0.0911 e. The summed E-state index contributed by atoms with van der Waals surface area (Å²) in [5.41, 5.74) is 26.5. The summed E-state index contributed by atoms with van der Waals surface area (Å²) in [6.45, 7) is 43.3. The van der Waals surface area contributed by atoms with E-state index in [2.05, 4.69) is 231 Å². The molecule has 9 nitrogen and oxygen atoms in total. The number of benzene rings is 6. The van der Waals surface area contributed by atoms with Crippen LogP contribution in [0.4, 0.5) is 0 Å². The Morgan fingerprint density at radius 2 is 0.755 bits per heavy atom. The van der Waals surface area contributed by atoms with Crippen LogP contribution in [0.15, 0.2) is 145 Å². The Balaban J connectivity index is 0.000000296. The van der Waals surface area contributed by atoms with Crippen molar-refractivity contribution in [3.8, 4) is 33.8 Å². The van der Waals surface area contributed by atoms with Gasteiger partial charge >= 0.3 is 0 Å². The largest absolute Gasteiger partial charge is 0.513 e. The molecule has 12 rings (SSSR count). The maximum absolute atomic E-state index is 9.47. The molecule has 603 valence electrons. The number of fused-ring (bicyclic) bond motifs is 3.